The maximum absolute atomic E-state index is 13.0. The van der Waals surface area contributed by atoms with Gasteiger partial charge in [-0.2, -0.15) is 4.31 Å². The Labute approximate surface area is 182 Å². The first kappa shape index (κ1) is 21.1. The molecule has 2 aromatic carbocycles. The van der Waals surface area contributed by atoms with E-state index in [0.29, 0.717) is 32.6 Å². The molecule has 0 radical (unpaired) electrons. The average molecular weight is 446 g/mol. The summed E-state index contributed by atoms with van der Waals surface area (Å²) in [6.45, 7) is 2.14. The van der Waals surface area contributed by atoms with Crippen LogP contribution in [0.5, 0.6) is 0 Å². The van der Waals surface area contributed by atoms with Crippen molar-refractivity contribution < 1.29 is 13.2 Å². The standard InChI is InChI=1S/C22H24ClN3O3S/c23-19-9-2-4-11-21(19)30(28,29)25-13-6-12-24(15-16-25)17-22(27)26-14-5-8-18-7-1-3-10-20(18)26/h1-5,7,9-11,14H,6,8,12-13,15-17H2. The minimum absolute atomic E-state index is 0.0131. The molecule has 0 N–H and O–H groups in total. The second-order valence-electron chi connectivity index (χ2n) is 7.45. The van der Waals surface area contributed by atoms with Crippen molar-refractivity contribution >= 4 is 33.2 Å². The summed E-state index contributed by atoms with van der Waals surface area (Å²) < 4.78 is 27.5. The first-order valence-electron chi connectivity index (χ1n) is 10.0. The molecule has 2 aliphatic heterocycles. The summed E-state index contributed by atoms with van der Waals surface area (Å²) in [5.74, 6) is -0.0131. The van der Waals surface area contributed by atoms with E-state index in [1.165, 1.54) is 10.4 Å². The average Bonchev–Trinajstić information content (AvgIpc) is 2.99. The largest absolute Gasteiger partial charge is 0.293 e. The minimum Gasteiger partial charge on any atom is -0.293 e. The number of allylic oxidation sites excluding steroid dienone is 1. The molecule has 1 amide bonds. The van der Waals surface area contributed by atoms with Crippen LogP contribution in [0.25, 0.3) is 0 Å². The number of amides is 1. The third-order valence-corrected chi connectivity index (χ3v) is 7.87. The van der Waals surface area contributed by atoms with Gasteiger partial charge < -0.3 is 0 Å². The molecular formula is C22H24ClN3O3S. The normalized spacial score (nSPS) is 18.1. The summed E-state index contributed by atoms with van der Waals surface area (Å²) in [6, 6.07) is 14.4. The highest BCUT2D eigenvalue weighted by Gasteiger charge is 2.29. The predicted octanol–water partition coefficient (Wildman–Crippen LogP) is 3.14. The molecule has 0 aromatic heterocycles. The van der Waals surface area contributed by atoms with Crippen molar-refractivity contribution in [2.24, 2.45) is 0 Å². The van der Waals surface area contributed by atoms with Crippen molar-refractivity contribution in [1.29, 1.82) is 0 Å². The van der Waals surface area contributed by atoms with E-state index in [2.05, 4.69) is 0 Å². The lowest BCUT2D eigenvalue weighted by molar-refractivity contribution is -0.119. The van der Waals surface area contributed by atoms with Gasteiger partial charge in [0.25, 0.3) is 0 Å². The number of sulfonamides is 1. The Morgan fingerprint density at radius 3 is 2.57 bits per heavy atom. The summed E-state index contributed by atoms with van der Waals surface area (Å²) in [5.41, 5.74) is 2.05. The van der Waals surface area contributed by atoms with Crippen molar-refractivity contribution in [3.8, 4) is 0 Å². The Morgan fingerprint density at radius 2 is 1.73 bits per heavy atom. The molecule has 2 aliphatic rings. The second kappa shape index (κ2) is 8.89. The van der Waals surface area contributed by atoms with Crippen LogP contribution >= 0.6 is 11.6 Å². The molecule has 2 aromatic rings. The van der Waals surface area contributed by atoms with Crippen molar-refractivity contribution in [3.63, 3.8) is 0 Å². The number of carbonyl (C=O) groups is 1. The van der Waals surface area contributed by atoms with Crippen LogP contribution in [-0.2, 0) is 21.2 Å². The molecule has 6 nitrogen and oxygen atoms in total. The number of rotatable bonds is 4. The van der Waals surface area contributed by atoms with E-state index in [9.17, 15) is 13.2 Å². The van der Waals surface area contributed by atoms with Gasteiger partial charge in [0.05, 0.1) is 17.3 Å². The fourth-order valence-corrected chi connectivity index (χ4v) is 5.87. The van der Waals surface area contributed by atoms with Crippen LogP contribution < -0.4 is 4.90 Å². The van der Waals surface area contributed by atoms with Crippen molar-refractivity contribution in [3.05, 3.63) is 71.4 Å². The van der Waals surface area contributed by atoms with Gasteiger partial charge in [-0.15, -0.1) is 0 Å². The van der Waals surface area contributed by atoms with E-state index in [-0.39, 0.29) is 22.4 Å². The lowest BCUT2D eigenvalue weighted by atomic mass is 10.1. The Kier molecular flexibility index (Phi) is 6.24. The molecule has 4 rings (SSSR count). The summed E-state index contributed by atoms with van der Waals surface area (Å²) >= 11 is 6.12. The van der Waals surface area contributed by atoms with Gasteiger partial charge in [0, 0.05) is 25.8 Å². The van der Waals surface area contributed by atoms with Crippen molar-refractivity contribution in [1.82, 2.24) is 9.21 Å². The van der Waals surface area contributed by atoms with Gasteiger partial charge in [0.1, 0.15) is 4.90 Å². The lowest BCUT2D eigenvalue weighted by Crippen LogP contribution is -2.41. The van der Waals surface area contributed by atoms with Crippen molar-refractivity contribution in [2.75, 3.05) is 37.6 Å². The van der Waals surface area contributed by atoms with E-state index < -0.39 is 10.0 Å². The van der Waals surface area contributed by atoms with Gasteiger partial charge in [-0.3, -0.25) is 14.6 Å². The first-order chi connectivity index (χ1) is 14.5. The van der Waals surface area contributed by atoms with E-state index in [0.717, 1.165) is 17.7 Å². The maximum Gasteiger partial charge on any atom is 0.245 e. The van der Waals surface area contributed by atoms with Gasteiger partial charge in [-0.1, -0.05) is 48.0 Å². The minimum atomic E-state index is -3.66. The number of halogens is 1. The van der Waals surface area contributed by atoms with Gasteiger partial charge >= 0.3 is 0 Å². The molecule has 0 atom stereocenters. The number of para-hydroxylation sites is 1. The molecule has 1 fully saturated rings. The molecule has 2 heterocycles. The van der Waals surface area contributed by atoms with Crippen LogP contribution in [-0.4, -0.2) is 56.3 Å². The van der Waals surface area contributed by atoms with Gasteiger partial charge in [0.15, 0.2) is 0 Å². The summed E-state index contributed by atoms with van der Waals surface area (Å²) in [7, 11) is -3.66. The van der Waals surface area contributed by atoms with Crippen LogP contribution in [0, 0.1) is 0 Å². The van der Waals surface area contributed by atoms with Gasteiger partial charge in [0.2, 0.25) is 15.9 Å². The number of nitrogens with zero attached hydrogens (tertiary/aromatic N) is 3. The molecule has 0 spiro atoms. The fourth-order valence-electron chi connectivity index (χ4n) is 3.91. The van der Waals surface area contributed by atoms with Crippen molar-refractivity contribution in [2.45, 2.75) is 17.7 Å². The summed E-state index contributed by atoms with van der Waals surface area (Å²) in [4.78, 5) is 16.8. The molecule has 0 saturated carbocycles. The van der Waals surface area contributed by atoms with Crippen LogP contribution in [0.4, 0.5) is 5.69 Å². The maximum atomic E-state index is 13.0. The summed E-state index contributed by atoms with van der Waals surface area (Å²) in [5, 5.41) is 0.226. The monoisotopic (exact) mass is 445 g/mol. The Balaban J connectivity index is 1.43. The second-order valence-corrected chi connectivity index (χ2v) is 9.76. The zero-order valence-electron chi connectivity index (χ0n) is 16.6. The van der Waals surface area contributed by atoms with Gasteiger partial charge in [-0.05, 0) is 43.1 Å². The van der Waals surface area contributed by atoms with E-state index in [1.54, 1.807) is 23.1 Å². The van der Waals surface area contributed by atoms with E-state index >= 15 is 0 Å². The van der Waals surface area contributed by atoms with Gasteiger partial charge in [-0.25, -0.2) is 8.42 Å². The number of hydrogen-bond acceptors (Lipinski definition) is 4. The molecule has 0 bridgehead atoms. The number of fused-ring (bicyclic) bond motifs is 1. The van der Waals surface area contributed by atoms with E-state index in [4.69, 9.17) is 11.6 Å². The van der Waals surface area contributed by atoms with E-state index in [1.807, 2.05) is 41.4 Å². The third-order valence-electron chi connectivity index (χ3n) is 5.47. The molecular weight excluding hydrogens is 422 g/mol. The predicted molar refractivity (Wildman–Crippen MR) is 118 cm³/mol. The molecule has 1 saturated heterocycles. The molecule has 30 heavy (non-hydrogen) atoms. The lowest BCUT2D eigenvalue weighted by Gasteiger charge is -2.28. The van der Waals surface area contributed by atoms with Crippen LogP contribution in [0.15, 0.2) is 65.7 Å². The summed E-state index contributed by atoms with van der Waals surface area (Å²) in [6.07, 6.45) is 5.29. The van der Waals surface area contributed by atoms with Crippen LogP contribution in [0.1, 0.15) is 12.0 Å². The highest BCUT2D eigenvalue weighted by atomic mass is 35.5. The molecule has 158 valence electrons. The molecule has 0 unspecified atom stereocenters. The Bertz CT molecular complexity index is 1070. The third kappa shape index (κ3) is 4.30. The number of hydrogen-bond donors (Lipinski definition) is 0. The SMILES string of the molecule is O=C(CN1CCCN(S(=O)(=O)c2ccccc2Cl)CC1)N1C=CCc2ccccc21. The topological polar surface area (TPSA) is 60.9 Å². The number of carbonyl (C=O) groups excluding carboxylic acids is 1. The number of benzene rings is 2. The van der Waals surface area contributed by atoms with Crippen LogP contribution in [0.2, 0.25) is 5.02 Å². The Hall–Kier alpha value is -2.19. The highest BCUT2D eigenvalue weighted by Crippen LogP contribution is 2.27. The smallest absolute Gasteiger partial charge is 0.245 e. The zero-order valence-corrected chi connectivity index (χ0v) is 18.1. The highest BCUT2D eigenvalue weighted by molar-refractivity contribution is 7.89. The number of anilines is 1. The molecule has 0 aliphatic carbocycles. The first-order valence-corrected chi connectivity index (χ1v) is 11.8. The molecule has 8 heteroatoms. The quantitative estimate of drug-likeness (QED) is 0.725. The Morgan fingerprint density at radius 1 is 0.967 bits per heavy atom. The zero-order chi connectivity index (χ0) is 21.1. The fraction of sp³-hybridized carbons (Fsp3) is 0.318. The van der Waals surface area contributed by atoms with Crippen LogP contribution in [0.3, 0.4) is 0 Å².